The van der Waals surface area contributed by atoms with E-state index in [1.807, 2.05) is 20.0 Å². The quantitative estimate of drug-likeness (QED) is 0.333. The van der Waals surface area contributed by atoms with Crippen LogP contribution in [0.1, 0.15) is 25.8 Å². The molecule has 0 amide bonds. The van der Waals surface area contributed by atoms with Crippen molar-refractivity contribution in [3.8, 4) is 11.5 Å². The predicted octanol–water partition coefficient (Wildman–Crippen LogP) is 1.83. The Labute approximate surface area is 176 Å². The Morgan fingerprint density at radius 3 is 2.41 bits per heavy atom. The number of nitrogens with one attached hydrogen (secondary N) is 2. The van der Waals surface area contributed by atoms with E-state index >= 15 is 0 Å². The molecule has 1 aliphatic rings. The van der Waals surface area contributed by atoms with Gasteiger partial charge in [-0.3, -0.25) is 9.89 Å². The maximum absolute atomic E-state index is 5.66. The molecule has 7 heteroatoms. The van der Waals surface area contributed by atoms with Gasteiger partial charge in [0.15, 0.2) is 17.5 Å². The summed E-state index contributed by atoms with van der Waals surface area (Å²) in [6, 6.07) is 6.16. The van der Waals surface area contributed by atoms with Crippen LogP contribution in [-0.2, 0) is 6.42 Å². The molecule has 0 aliphatic carbocycles. The standard InChI is InChI=1S/C22H39N5O2/c1-5-26-14-16-27(17-15-26)13-12-25-22(23-3)24-11-7-8-19-9-10-20(28-4)21(18-19)29-6-2/h9-10,18H,5-8,11-17H2,1-4H3,(H2,23,24,25). The van der Waals surface area contributed by atoms with Gasteiger partial charge in [-0.2, -0.15) is 0 Å². The van der Waals surface area contributed by atoms with Crippen LogP contribution >= 0.6 is 0 Å². The summed E-state index contributed by atoms with van der Waals surface area (Å²) < 4.78 is 11.0. The van der Waals surface area contributed by atoms with Crippen molar-refractivity contribution in [3.63, 3.8) is 0 Å². The topological polar surface area (TPSA) is 61.4 Å². The van der Waals surface area contributed by atoms with Crippen molar-refractivity contribution in [3.05, 3.63) is 23.8 Å². The van der Waals surface area contributed by atoms with E-state index in [2.05, 4.69) is 44.5 Å². The Kier molecular flexibility index (Phi) is 10.7. The Balaban J connectivity index is 1.64. The van der Waals surface area contributed by atoms with Gasteiger partial charge >= 0.3 is 0 Å². The van der Waals surface area contributed by atoms with Gasteiger partial charge in [0.05, 0.1) is 13.7 Å². The smallest absolute Gasteiger partial charge is 0.191 e. The van der Waals surface area contributed by atoms with Gasteiger partial charge in [0.2, 0.25) is 0 Å². The number of rotatable bonds is 11. The first-order valence-electron chi connectivity index (χ1n) is 10.9. The molecular formula is C22H39N5O2. The predicted molar refractivity (Wildman–Crippen MR) is 120 cm³/mol. The molecule has 0 atom stereocenters. The maximum Gasteiger partial charge on any atom is 0.191 e. The van der Waals surface area contributed by atoms with Crippen molar-refractivity contribution in [1.82, 2.24) is 20.4 Å². The third kappa shape index (κ3) is 8.11. The fraction of sp³-hybridized carbons (Fsp3) is 0.682. The van der Waals surface area contributed by atoms with Crippen LogP contribution in [-0.4, -0.2) is 88.9 Å². The number of ether oxygens (including phenoxy) is 2. The zero-order valence-electron chi connectivity index (χ0n) is 18.7. The molecule has 0 unspecified atom stereocenters. The van der Waals surface area contributed by atoms with Gasteiger partial charge in [0.1, 0.15) is 0 Å². The number of piperazine rings is 1. The summed E-state index contributed by atoms with van der Waals surface area (Å²) in [6.45, 7) is 13.6. The lowest BCUT2D eigenvalue weighted by atomic mass is 10.1. The largest absolute Gasteiger partial charge is 0.493 e. The fourth-order valence-electron chi connectivity index (χ4n) is 3.53. The molecule has 2 rings (SSSR count). The van der Waals surface area contributed by atoms with Gasteiger partial charge in [0, 0.05) is 52.9 Å². The highest BCUT2D eigenvalue weighted by atomic mass is 16.5. The summed E-state index contributed by atoms with van der Waals surface area (Å²) in [6.07, 6.45) is 2.01. The fourth-order valence-corrected chi connectivity index (χ4v) is 3.53. The van der Waals surface area contributed by atoms with Crippen LogP contribution in [0, 0.1) is 0 Å². The average Bonchev–Trinajstić information content (AvgIpc) is 2.76. The molecule has 0 radical (unpaired) electrons. The van der Waals surface area contributed by atoms with Gasteiger partial charge < -0.3 is 25.0 Å². The van der Waals surface area contributed by atoms with E-state index in [1.165, 1.54) is 18.7 Å². The molecule has 29 heavy (non-hydrogen) atoms. The molecule has 0 saturated carbocycles. The van der Waals surface area contributed by atoms with E-state index < -0.39 is 0 Å². The monoisotopic (exact) mass is 405 g/mol. The van der Waals surface area contributed by atoms with E-state index in [4.69, 9.17) is 9.47 Å². The van der Waals surface area contributed by atoms with E-state index in [0.29, 0.717) is 6.61 Å². The summed E-state index contributed by atoms with van der Waals surface area (Å²) in [5.74, 6) is 2.48. The summed E-state index contributed by atoms with van der Waals surface area (Å²) in [7, 11) is 3.50. The number of benzene rings is 1. The minimum Gasteiger partial charge on any atom is -0.493 e. The summed E-state index contributed by atoms with van der Waals surface area (Å²) in [4.78, 5) is 9.36. The van der Waals surface area contributed by atoms with Crippen molar-refractivity contribution < 1.29 is 9.47 Å². The highest BCUT2D eigenvalue weighted by Crippen LogP contribution is 2.28. The highest BCUT2D eigenvalue weighted by Gasteiger charge is 2.14. The third-order valence-corrected chi connectivity index (χ3v) is 5.32. The molecule has 1 aromatic carbocycles. The van der Waals surface area contributed by atoms with Crippen LogP contribution in [0.4, 0.5) is 0 Å². The highest BCUT2D eigenvalue weighted by molar-refractivity contribution is 5.79. The number of hydrogen-bond acceptors (Lipinski definition) is 5. The van der Waals surface area contributed by atoms with Crippen LogP contribution in [0.3, 0.4) is 0 Å². The Morgan fingerprint density at radius 2 is 1.76 bits per heavy atom. The number of methoxy groups -OCH3 is 1. The van der Waals surface area contributed by atoms with Gasteiger partial charge in [0.25, 0.3) is 0 Å². The van der Waals surface area contributed by atoms with E-state index in [-0.39, 0.29) is 0 Å². The number of nitrogens with zero attached hydrogens (tertiary/aromatic N) is 3. The molecule has 1 aromatic rings. The van der Waals surface area contributed by atoms with Crippen molar-refractivity contribution in [1.29, 1.82) is 0 Å². The van der Waals surface area contributed by atoms with Gasteiger partial charge in [-0.1, -0.05) is 13.0 Å². The lowest BCUT2D eigenvalue weighted by molar-refractivity contribution is 0.139. The van der Waals surface area contributed by atoms with Crippen molar-refractivity contribution in [2.24, 2.45) is 4.99 Å². The van der Waals surface area contributed by atoms with E-state index in [1.54, 1.807) is 7.11 Å². The molecule has 7 nitrogen and oxygen atoms in total. The first-order valence-corrected chi connectivity index (χ1v) is 10.9. The number of likely N-dealkylation sites (N-methyl/N-ethyl adjacent to an activating group) is 1. The zero-order valence-corrected chi connectivity index (χ0v) is 18.7. The third-order valence-electron chi connectivity index (χ3n) is 5.32. The number of aliphatic imine (C=N–C) groups is 1. The Bertz CT molecular complexity index is 615. The zero-order chi connectivity index (χ0) is 20.9. The van der Waals surface area contributed by atoms with E-state index in [0.717, 1.165) is 69.6 Å². The molecule has 1 heterocycles. The van der Waals surface area contributed by atoms with Crippen LogP contribution in [0.25, 0.3) is 0 Å². The lowest BCUT2D eigenvalue weighted by Crippen LogP contribution is -2.49. The number of hydrogen-bond donors (Lipinski definition) is 2. The second-order valence-corrected chi connectivity index (χ2v) is 7.22. The summed E-state index contributed by atoms with van der Waals surface area (Å²) >= 11 is 0. The molecule has 0 aromatic heterocycles. The minimum atomic E-state index is 0.637. The van der Waals surface area contributed by atoms with Crippen LogP contribution in [0.2, 0.25) is 0 Å². The summed E-state index contributed by atoms with van der Waals surface area (Å²) in [5, 5.41) is 6.84. The second kappa shape index (κ2) is 13.3. The number of aryl methyl sites for hydroxylation is 1. The van der Waals surface area contributed by atoms with Crippen LogP contribution in [0.5, 0.6) is 11.5 Å². The molecule has 2 N–H and O–H groups in total. The second-order valence-electron chi connectivity index (χ2n) is 7.22. The molecule has 164 valence electrons. The SMILES string of the molecule is CCOc1cc(CCCNC(=NC)NCCN2CCN(CC)CC2)ccc1OC. The summed E-state index contributed by atoms with van der Waals surface area (Å²) in [5.41, 5.74) is 1.25. The first-order chi connectivity index (χ1) is 14.2. The number of guanidine groups is 1. The molecule has 1 fully saturated rings. The van der Waals surface area contributed by atoms with Gasteiger partial charge in [-0.25, -0.2) is 0 Å². The molecular weight excluding hydrogens is 366 g/mol. The average molecular weight is 406 g/mol. The molecule has 0 spiro atoms. The van der Waals surface area contributed by atoms with Gasteiger partial charge in [-0.05, 0) is 44.0 Å². The maximum atomic E-state index is 5.66. The molecule has 1 saturated heterocycles. The first kappa shape index (κ1) is 23.3. The van der Waals surface area contributed by atoms with Crippen LogP contribution in [0.15, 0.2) is 23.2 Å². The molecule has 0 bridgehead atoms. The Morgan fingerprint density at radius 1 is 1.03 bits per heavy atom. The van der Waals surface area contributed by atoms with Crippen LogP contribution < -0.4 is 20.1 Å². The van der Waals surface area contributed by atoms with Crippen molar-refractivity contribution in [2.75, 3.05) is 73.1 Å². The lowest BCUT2D eigenvalue weighted by Gasteiger charge is -2.34. The van der Waals surface area contributed by atoms with Crippen molar-refractivity contribution in [2.45, 2.75) is 26.7 Å². The molecule has 1 aliphatic heterocycles. The minimum absolute atomic E-state index is 0.637. The van der Waals surface area contributed by atoms with Gasteiger partial charge in [-0.15, -0.1) is 0 Å². The van der Waals surface area contributed by atoms with E-state index in [9.17, 15) is 0 Å². The normalized spacial score (nSPS) is 15.9. The van der Waals surface area contributed by atoms with Crippen molar-refractivity contribution >= 4 is 5.96 Å². The Hall–Kier alpha value is -1.99.